The number of hydrogen-bond donors (Lipinski definition) is 3. The van der Waals surface area contributed by atoms with Crippen LogP contribution in [0, 0.1) is 0 Å². The van der Waals surface area contributed by atoms with E-state index in [1.54, 1.807) is 25.2 Å². The molecule has 0 aromatic heterocycles. The number of ether oxygens (including phenoxy) is 1. The van der Waals surface area contributed by atoms with Crippen molar-refractivity contribution in [2.75, 3.05) is 20.2 Å². The summed E-state index contributed by atoms with van der Waals surface area (Å²) in [5.41, 5.74) is 1.31. The van der Waals surface area contributed by atoms with E-state index in [0.717, 1.165) is 63.4 Å². The number of likely N-dealkylation sites (N-methyl/N-ethyl adjacent to an activating group) is 1. The van der Waals surface area contributed by atoms with Crippen molar-refractivity contribution in [1.82, 2.24) is 20.9 Å². The maximum atomic E-state index is 13.5. The molecule has 232 valence electrons. The van der Waals surface area contributed by atoms with Gasteiger partial charge in [0.25, 0.3) is 5.91 Å². The van der Waals surface area contributed by atoms with Crippen LogP contribution in [0.1, 0.15) is 86.6 Å². The number of benzene rings is 2. The van der Waals surface area contributed by atoms with Crippen molar-refractivity contribution < 1.29 is 23.9 Å². The van der Waals surface area contributed by atoms with Crippen LogP contribution in [-0.4, -0.2) is 66.9 Å². The third kappa shape index (κ3) is 9.83. The molecule has 2 aromatic rings. The molecule has 2 aromatic carbocycles. The Morgan fingerprint density at radius 1 is 0.884 bits per heavy atom. The van der Waals surface area contributed by atoms with Crippen LogP contribution in [0.25, 0.3) is 0 Å². The quantitative estimate of drug-likeness (QED) is 0.495. The van der Waals surface area contributed by atoms with E-state index in [0.29, 0.717) is 30.9 Å². The number of fused-ring (bicyclic) bond motifs is 1. The molecule has 0 bridgehead atoms. The maximum Gasteiger partial charge on any atom is 0.255 e. The summed E-state index contributed by atoms with van der Waals surface area (Å²) < 4.78 is 5.97. The molecule has 0 saturated heterocycles. The van der Waals surface area contributed by atoms with Crippen LogP contribution in [0.3, 0.4) is 0 Å². The second-order valence-corrected chi connectivity index (χ2v) is 11.7. The van der Waals surface area contributed by atoms with E-state index in [1.165, 1.54) is 4.90 Å². The van der Waals surface area contributed by atoms with Crippen LogP contribution >= 0.6 is 0 Å². The molecule has 43 heavy (non-hydrogen) atoms. The topological polar surface area (TPSA) is 117 Å². The Bertz CT molecular complexity index is 1210. The fraction of sp³-hybridized carbons (Fsp3) is 0.529. The minimum absolute atomic E-state index is 0.00372. The van der Waals surface area contributed by atoms with Gasteiger partial charge in [-0.2, -0.15) is 0 Å². The van der Waals surface area contributed by atoms with Gasteiger partial charge in [0.1, 0.15) is 17.8 Å². The highest BCUT2D eigenvalue weighted by molar-refractivity contribution is 5.99. The summed E-state index contributed by atoms with van der Waals surface area (Å²) in [4.78, 5) is 55.3. The van der Waals surface area contributed by atoms with Gasteiger partial charge in [0.15, 0.2) is 0 Å². The third-order valence-electron chi connectivity index (χ3n) is 8.42. The van der Waals surface area contributed by atoms with Gasteiger partial charge in [0.2, 0.25) is 17.7 Å². The Hall–Kier alpha value is -3.88. The maximum absolute atomic E-state index is 13.5. The van der Waals surface area contributed by atoms with Gasteiger partial charge in [0.05, 0.1) is 12.2 Å². The predicted octanol–water partition coefficient (Wildman–Crippen LogP) is 4.15. The highest BCUT2D eigenvalue weighted by atomic mass is 16.5. The lowest BCUT2D eigenvalue weighted by molar-refractivity contribution is -0.139. The van der Waals surface area contributed by atoms with Crippen molar-refractivity contribution in [3.8, 4) is 5.75 Å². The zero-order valence-electron chi connectivity index (χ0n) is 25.3. The summed E-state index contributed by atoms with van der Waals surface area (Å²) in [6.45, 7) is 0.984. The van der Waals surface area contributed by atoms with Gasteiger partial charge >= 0.3 is 0 Å². The fourth-order valence-electron chi connectivity index (χ4n) is 5.79. The van der Waals surface area contributed by atoms with Crippen LogP contribution in [0.15, 0.2) is 54.6 Å². The van der Waals surface area contributed by atoms with Gasteiger partial charge in [-0.25, -0.2) is 0 Å². The normalized spacial score (nSPS) is 22.1. The first kappa shape index (κ1) is 32.0. The molecule has 4 amide bonds. The molecular formula is C34H46N4O5. The lowest BCUT2D eigenvalue weighted by Crippen LogP contribution is -2.51. The van der Waals surface area contributed by atoms with E-state index in [1.807, 2.05) is 36.4 Å². The van der Waals surface area contributed by atoms with Crippen molar-refractivity contribution in [1.29, 1.82) is 0 Å². The van der Waals surface area contributed by atoms with Crippen molar-refractivity contribution in [3.63, 3.8) is 0 Å². The molecule has 9 nitrogen and oxygen atoms in total. The average molecular weight is 591 g/mol. The Kier molecular flexibility index (Phi) is 12.4. The van der Waals surface area contributed by atoms with Crippen LogP contribution in [0.4, 0.5) is 0 Å². The summed E-state index contributed by atoms with van der Waals surface area (Å²) in [7, 11) is 1.64. The number of amides is 4. The zero-order chi connectivity index (χ0) is 30.4. The summed E-state index contributed by atoms with van der Waals surface area (Å²) in [5.74, 6) is -0.701. The number of rotatable bonds is 4. The lowest BCUT2D eigenvalue weighted by atomic mass is 9.95. The molecule has 1 aliphatic heterocycles. The molecule has 9 heteroatoms. The predicted molar refractivity (Wildman–Crippen MR) is 166 cm³/mol. The SMILES string of the molecule is CN1C(=O)CC[C@@H](C(=O)NC2CCCCC2)NC(=O)c2ccccc2OCCCCCCNC(=O)[C@@H]1Cc1ccccc1. The van der Waals surface area contributed by atoms with Gasteiger partial charge in [-0.15, -0.1) is 0 Å². The molecule has 0 spiro atoms. The number of nitrogens with zero attached hydrogens (tertiary/aromatic N) is 1. The first-order chi connectivity index (χ1) is 20.9. The highest BCUT2D eigenvalue weighted by Gasteiger charge is 2.30. The Morgan fingerprint density at radius 2 is 1.58 bits per heavy atom. The van der Waals surface area contributed by atoms with Crippen LogP contribution in [0.2, 0.25) is 0 Å². The molecule has 1 fully saturated rings. The minimum atomic E-state index is -0.914. The van der Waals surface area contributed by atoms with Gasteiger partial charge in [0, 0.05) is 32.5 Å². The molecule has 2 aliphatic rings. The third-order valence-corrected chi connectivity index (χ3v) is 8.42. The monoisotopic (exact) mass is 590 g/mol. The van der Waals surface area contributed by atoms with Crippen molar-refractivity contribution in [2.45, 2.75) is 95.2 Å². The van der Waals surface area contributed by atoms with Gasteiger partial charge in [-0.3, -0.25) is 19.2 Å². The van der Waals surface area contributed by atoms with Crippen molar-refractivity contribution >= 4 is 23.6 Å². The lowest BCUT2D eigenvalue weighted by Gasteiger charge is -2.29. The summed E-state index contributed by atoms with van der Waals surface area (Å²) in [6, 6.07) is 15.1. The molecule has 0 radical (unpaired) electrons. The van der Waals surface area contributed by atoms with Crippen LogP contribution in [-0.2, 0) is 20.8 Å². The van der Waals surface area contributed by atoms with E-state index in [2.05, 4.69) is 16.0 Å². The zero-order valence-corrected chi connectivity index (χ0v) is 25.3. The number of hydrogen-bond acceptors (Lipinski definition) is 5. The summed E-state index contributed by atoms with van der Waals surface area (Å²) in [6.07, 6.45) is 9.02. The number of nitrogens with one attached hydrogen (secondary N) is 3. The highest BCUT2D eigenvalue weighted by Crippen LogP contribution is 2.21. The molecule has 1 saturated carbocycles. The van der Waals surface area contributed by atoms with Crippen LogP contribution in [0.5, 0.6) is 5.75 Å². The van der Waals surface area contributed by atoms with Gasteiger partial charge in [-0.1, -0.05) is 74.6 Å². The second-order valence-electron chi connectivity index (χ2n) is 11.7. The summed E-state index contributed by atoms with van der Waals surface area (Å²) in [5, 5.41) is 9.02. The molecular weight excluding hydrogens is 544 g/mol. The molecule has 4 rings (SSSR count). The minimum Gasteiger partial charge on any atom is -0.493 e. The van der Waals surface area contributed by atoms with Gasteiger partial charge < -0.3 is 25.6 Å². The standard InChI is InChI=1S/C34H46N4O5/c1-38-29(24-25-14-6-4-7-15-25)34(42)35-22-12-2-3-13-23-43-30-19-11-10-18-27(30)32(40)37-28(20-21-31(38)39)33(41)36-26-16-8-5-9-17-26/h4,6-7,10-11,14-15,18-19,26,28-29H,2-3,5,8-9,12-13,16-17,20-24H2,1H3,(H,35,42)(H,36,41)(H,37,40)/t28-,29-/m0/s1. The number of para-hydroxylation sites is 1. The Morgan fingerprint density at radius 3 is 2.37 bits per heavy atom. The van der Waals surface area contributed by atoms with E-state index >= 15 is 0 Å². The molecule has 3 N–H and O–H groups in total. The summed E-state index contributed by atoms with van der Waals surface area (Å²) >= 11 is 0. The molecule has 0 unspecified atom stereocenters. The van der Waals surface area contributed by atoms with Gasteiger partial charge in [-0.05, 0) is 49.8 Å². The number of carbonyl (C=O) groups excluding carboxylic acids is 4. The molecule has 2 atom stereocenters. The second kappa shape index (κ2) is 16.7. The number of carbonyl (C=O) groups is 4. The Balaban J connectivity index is 1.55. The fourth-order valence-corrected chi connectivity index (χ4v) is 5.79. The Labute approximate surface area is 255 Å². The van der Waals surface area contributed by atoms with E-state index in [9.17, 15) is 19.2 Å². The average Bonchev–Trinajstić information content (AvgIpc) is 3.03. The molecule has 1 aliphatic carbocycles. The first-order valence-electron chi connectivity index (χ1n) is 15.8. The van der Waals surface area contributed by atoms with E-state index in [-0.39, 0.29) is 36.6 Å². The van der Waals surface area contributed by atoms with Crippen molar-refractivity contribution in [3.05, 3.63) is 65.7 Å². The van der Waals surface area contributed by atoms with E-state index in [4.69, 9.17) is 4.74 Å². The first-order valence-corrected chi connectivity index (χ1v) is 15.8. The van der Waals surface area contributed by atoms with E-state index < -0.39 is 18.0 Å². The van der Waals surface area contributed by atoms with Crippen LogP contribution < -0.4 is 20.7 Å². The largest absolute Gasteiger partial charge is 0.493 e. The smallest absolute Gasteiger partial charge is 0.255 e. The van der Waals surface area contributed by atoms with Crippen molar-refractivity contribution in [2.24, 2.45) is 0 Å². The molecule has 1 heterocycles.